The molecule has 2 aliphatic heterocycles. The molecular formula is C9H16O4. The Morgan fingerprint density at radius 1 is 1.15 bits per heavy atom. The van der Waals surface area contributed by atoms with Gasteiger partial charge in [-0.1, -0.05) is 0 Å². The molecule has 76 valence electrons. The van der Waals surface area contributed by atoms with Crippen LogP contribution in [0.1, 0.15) is 20.8 Å². The fraction of sp³-hybridized carbons (Fsp3) is 1.00. The predicted molar refractivity (Wildman–Crippen MR) is 45.2 cm³/mol. The van der Waals surface area contributed by atoms with Crippen molar-refractivity contribution in [2.45, 2.75) is 51.2 Å². The van der Waals surface area contributed by atoms with E-state index in [2.05, 4.69) is 0 Å². The van der Waals surface area contributed by atoms with E-state index in [0.29, 0.717) is 0 Å². The van der Waals surface area contributed by atoms with Gasteiger partial charge >= 0.3 is 0 Å². The lowest BCUT2D eigenvalue weighted by atomic mass is 10.2. The van der Waals surface area contributed by atoms with E-state index in [-0.39, 0.29) is 24.6 Å². The summed E-state index contributed by atoms with van der Waals surface area (Å²) in [4.78, 5) is 0. The van der Waals surface area contributed by atoms with Crippen molar-refractivity contribution in [1.29, 1.82) is 0 Å². The fourth-order valence-corrected chi connectivity index (χ4v) is 1.95. The molecule has 2 saturated heterocycles. The largest absolute Gasteiger partial charge is 0.353 e. The summed E-state index contributed by atoms with van der Waals surface area (Å²) < 4.78 is 22.0. The second kappa shape index (κ2) is 2.92. The molecule has 0 aliphatic carbocycles. The number of methoxy groups -OCH3 is 1. The van der Waals surface area contributed by atoms with Gasteiger partial charge in [0.15, 0.2) is 12.1 Å². The van der Waals surface area contributed by atoms with Gasteiger partial charge in [0.1, 0.15) is 12.2 Å². The normalized spacial score (nSPS) is 48.0. The Labute approximate surface area is 78.1 Å². The standard InChI is InChI=1S/C9H16O4/c1-5-6-7(8(10-4)11-5)13-9(2,3)12-6/h5-8H,1-4H3/t5-,6-,7-,8-/m1/s1. The van der Waals surface area contributed by atoms with Crippen LogP contribution in [-0.2, 0) is 18.9 Å². The maximum Gasteiger partial charge on any atom is 0.186 e. The quantitative estimate of drug-likeness (QED) is 0.612. The molecular weight excluding hydrogens is 172 g/mol. The maximum atomic E-state index is 5.69. The van der Waals surface area contributed by atoms with Crippen molar-refractivity contribution in [1.82, 2.24) is 0 Å². The van der Waals surface area contributed by atoms with Crippen LogP contribution in [0.3, 0.4) is 0 Å². The van der Waals surface area contributed by atoms with E-state index in [4.69, 9.17) is 18.9 Å². The van der Waals surface area contributed by atoms with Crippen molar-refractivity contribution < 1.29 is 18.9 Å². The summed E-state index contributed by atoms with van der Waals surface area (Å²) in [5.41, 5.74) is 0. The molecule has 4 nitrogen and oxygen atoms in total. The summed E-state index contributed by atoms with van der Waals surface area (Å²) in [6, 6.07) is 0. The molecule has 0 aromatic rings. The first kappa shape index (κ1) is 9.40. The zero-order valence-electron chi connectivity index (χ0n) is 8.44. The zero-order chi connectivity index (χ0) is 9.64. The van der Waals surface area contributed by atoms with Gasteiger partial charge in [-0.25, -0.2) is 0 Å². The van der Waals surface area contributed by atoms with Crippen LogP contribution < -0.4 is 0 Å². The van der Waals surface area contributed by atoms with E-state index in [0.717, 1.165) is 0 Å². The van der Waals surface area contributed by atoms with Gasteiger partial charge in [0, 0.05) is 7.11 Å². The minimum absolute atomic E-state index is 0.0000463. The second-order valence-corrected chi connectivity index (χ2v) is 4.01. The van der Waals surface area contributed by atoms with Gasteiger partial charge in [0.05, 0.1) is 6.10 Å². The van der Waals surface area contributed by atoms with E-state index in [1.54, 1.807) is 7.11 Å². The molecule has 0 aromatic carbocycles. The van der Waals surface area contributed by atoms with Crippen molar-refractivity contribution in [3.8, 4) is 0 Å². The molecule has 0 bridgehead atoms. The first-order valence-electron chi connectivity index (χ1n) is 4.57. The van der Waals surface area contributed by atoms with Gasteiger partial charge in [-0.05, 0) is 20.8 Å². The Bertz CT molecular complexity index is 204. The van der Waals surface area contributed by atoms with Crippen molar-refractivity contribution in [3.05, 3.63) is 0 Å². The highest BCUT2D eigenvalue weighted by atomic mass is 16.8. The van der Waals surface area contributed by atoms with Crippen molar-refractivity contribution in [3.63, 3.8) is 0 Å². The highest BCUT2D eigenvalue weighted by molar-refractivity contribution is 4.93. The van der Waals surface area contributed by atoms with Gasteiger partial charge in [-0.15, -0.1) is 0 Å². The van der Waals surface area contributed by atoms with Gasteiger partial charge < -0.3 is 18.9 Å². The fourth-order valence-electron chi connectivity index (χ4n) is 1.95. The van der Waals surface area contributed by atoms with Crippen molar-refractivity contribution in [2.24, 2.45) is 0 Å². The highest BCUT2D eigenvalue weighted by Crippen LogP contribution is 2.38. The molecule has 2 aliphatic rings. The highest BCUT2D eigenvalue weighted by Gasteiger charge is 2.53. The smallest absolute Gasteiger partial charge is 0.186 e. The molecule has 0 saturated carbocycles. The average Bonchev–Trinajstić information content (AvgIpc) is 2.47. The Hall–Kier alpha value is -0.160. The predicted octanol–water partition coefficient (Wildman–Crippen LogP) is 0.898. The lowest BCUT2D eigenvalue weighted by Gasteiger charge is -2.22. The number of hydrogen-bond acceptors (Lipinski definition) is 4. The van der Waals surface area contributed by atoms with Crippen molar-refractivity contribution >= 4 is 0 Å². The van der Waals surface area contributed by atoms with Crippen molar-refractivity contribution in [2.75, 3.05) is 7.11 Å². The lowest BCUT2D eigenvalue weighted by molar-refractivity contribution is -0.224. The Balaban J connectivity index is 2.12. The summed E-state index contributed by atoms with van der Waals surface area (Å²) in [6.45, 7) is 5.79. The summed E-state index contributed by atoms with van der Waals surface area (Å²) in [5.74, 6) is -0.510. The minimum atomic E-state index is -0.510. The summed E-state index contributed by atoms with van der Waals surface area (Å²) in [6.07, 6.45) is -0.339. The third-order valence-electron chi connectivity index (χ3n) is 2.48. The molecule has 0 aromatic heterocycles. The van der Waals surface area contributed by atoms with E-state index in [9.17, 15) is 0 Å². The van der Waals surface area contributed by atoms with Crippen LogP contribution in [0.25, 0.3) is 0 Å². The average molecular weight is 188 g/mol. The molecule has 0 amide bonds. The molecule has 2 heterocycles. The number of ether oxygens (including phenoxy) is 4. The maximum absolute atomic E-state index is 5.69. The van der Waals surface area contributed by atoms with E-state index in [1.165, 1.54) is 0 Å². The number of fused-ring (bicyclic) bond motifs is 1. The van der Waals surface area contributed by atoms with E-state index < -0.39 is 5.79 Å². The summed E-state index contributed by atoms with van der Waals surface area (Å²) in [5, 5.41) is 0. The molecule has 0 unspecified atom stereocenters. The van der Waals surface area contributed by atoms with Crippen LogP contribution >= 0.6 is 0 Å². The Kier molecular flexibility index (Phi) is 2.11. The van der Waals surface area contributed by atoms with Crippen LogP contribution in [-0.4, -0.2) is 37.5 Å². The van der Waals surface area contributed by atoms with Gasteiger partial charge in [0.2, 0.25) is 0 Å². The van der Waals surface area contributed by atoms with E-state index in [1.807, 2.05) is 20.8 Å². The number of rotatable bonds is 1. The van der Waals surface area contributed by atoms with Gasteiger partial charge in [-0.3, -0.25) is 0 Å². The Morgan fingerprint density at radius 2 is 1.77 bits per heavy atom. The van der Waals surface area contributed by atoms with Gasteiger partial charge in [0.25, 0.3) is 0 Å². The molecule has 13 heavy (non-hydrogen) atoms. The third-order valence-corrected chi connectivity index (χ3v) is 2.48. The SMILES string of the molecule is CO[C@@H]1O[C@H](C)[C@H]2OC(C)(C)O[C@@H]12. The first-order chi connectivity index (χ1) is 6.03. The lowest BCUT2D eigenvalue weighted by Crippen LogP contribution is -2.30. The molecule has 4 heteroatoms. The first-order valence-corrected chi connectivity index (χ1v) is 4.57. The molecule has 2 fully saturated rings. The monoisotopic (exact) mass is 188 g/mol. The van der Waals surface area contributed by atoms with E-state index >= 15 is 0 Å². The Morgan fingerprint density at radius 3 is 2.38 bits per heavy atom. The van der Waals surface area contributed by atoms with Crippen LogP contribution in [0.5, 0.6) is 0 Å². The second-order valence-electron chi connectivity index (χ2n) is 4.01. The molecule has 0 N–H and O–H groups in total. The summed E-state index contributed by atoms with van der Waals surface area (Å²) >= 11 is 0. The number of hydrogen-bond donors (Lipinski definition) is 0. The topological polar surface area (TPSA) is 36.9 Å². The van der Waals surface area contributed by atoms with Gasteiger partial charge in [-0.2, -0.15) is 0 Å². The van der Waals surface area contributed by atoms with Crippen LogP contribution in [0, 0.1) is 0 Å². The van der Waals surface area contributed by atoms with Crippen LogP contribution in [0.4, 0.5) is 0 Å². The minimum Gasteiger partial charge on any atom is -0.353 e. The molecule has 0 spiro atoms. The third kappa shape index (κ3) is 1.48. The molecule has 0 radical (unpaired) electrons. The van der Waals surface area contributed by atoms with Crippen LogP contribution in [0.2, 0.25) is 0 Å². The van der Waals surface area contributed by atoms with Crippen LogP contribution in [0.15, 0.2) is 0 Å². The molecule has 4 atom stereocenters. The summed E-state index contributed by atoms with van der Waals surface area (Å²) in [7, 11) is 1.62. The molecule has 2 rings (SSSR count). The zero-order valence-corrected chi connectivity index (χ0v) is 8.44.